The molecule has 0 radical (unpaired) electrons. The summed E-state index contributed by atoms with van der Waals surface area (Å²) in [4.78, 5) is 4.33. The van der Waals surface area contributed by atoms with E-state index in [0.29, 0.717) is 11.3 Å². The van der Waals surface area contributed by atoms with Crippen LogP contribution in [0.15, 0.2) is 6.33 Å². The van der Waals surface area contributed by atoms with Gasteiger partial charge in [-0.1, -0.05) is 0 Å². The molecule has 1 aliphatic heterocycles. The van der Waals surface area contributed by atoms with Crippen LogP contribution in [0, 0.1) is 0 Å². The van der Waals surface area contributed by atoms with Gasteiger partial charge < -0.3 is 5.73 Å². The van der Waals surface area contributed by atoms with Gasteiger partial charge in [-0.05, 0) is 13.8 Å². The zero-order valence-electron chi connectivity index (χ0n) is 10.4. The maximum absolute atomic E-state index is 6.29. The molecule has 1 saturated heterocycles. The van der Waals surface area contributed by atoms with Crippen molar-refractivity contribution in [2.45, 2.75) is 37.6 Å². The number of nitrogens with two attached hydrogens (primary N) is 1. The lowest BCUT2D eigenvalue weighted by Gasteiger charge is -2.26. The Morgan fingerprint density at radius 2 is 2.35 bits per heavy atom. The molecule has 0 saturated carbocycles. The Bertz CT molecular complexity index is 347. The quantitative estimate of drug-likeness (QED) is 0.902. The molecule has 0 bridgehead atoms. The summed E-state index contributed by atoms with van der Waals surface area (Å²) in [7, 11) is 0. The van der Waals surface area contributed by atoms with Crippen LogP contribution in [-0.2, 0) is 6.42 Å². The molecule has 2 N–H and O–H groups in total. The third-order valence-corrected chi connectivity index (χ3v) is 5.82. The van der Waals surface area contributed by atoms with Crippen molar-refractivity contribution in [1.82, 2.24) is 14.8 Å². The molecule has 1 aliphatic rings. The summed E-state index contributed by atoms with van der Waals surface area (Å²) >= 11 is 4.01. The van der Waals surface area contributed by atoms with E-state index in [2.05, 4.69) is 23.9 Å². The van der Waals surface area contributed by atoms with Crippen molar-refractivity contribution in [1.29, 1.82) is 0 Å². The van der Waals surface area contributed by atoms with Crippen molar-refractivity contribution < 1.29 is 0 Å². The Labute approximate surface area is 111 Å². The molecule has 4 nitrogen and oxygen atoms in total. The average molecular weight is 272 g/mol. The third-order valence-electron chi connectivity index (χ3n) is 2.87. The normalized spacial score (nSPS) is 22.9. The zero-order chi connectivity index (χ0) is 12.3. The van der Waals surface area contributed by atoms with Gasteiger partial charge in [0, 0.05) is 41.0 Å². The molecule has 96 valence electrons. The minimum atomic E-state index is 0.189. The first kappa shape index (κ1) is 13.2. The van der Waals surface area contributed by atoms with Gasteiger partial charge in [0.2, 0.25) is 0 Å². The molecular formula is C11H20N4S2. The average Bonchev–Trinajstić information content (AvgIpc) is 2.78. The van der Waals surface area contributed by atoms with E-state index in [9.17, 15) is 0 Å². The van der Waals surface area contributed by atoms with Crippen molar-refractivity contribution in [2.24, 2.45) is 5.73 Å². The van der Waals surface area contributed by atoms with Gasteiger partial charge in [0.05, 0.1) is 0 Å². The molecule has 0 spiro atoms. The number of hydrogen-bond donors (Lipinski definition) is 1. The highest BCUT2D eigenvalue weighted by Gasteiger charge is 2.23. The van der Waals surface area contributed by atoms with Crippen molar-refractivity contribution >= 4 is 23.5 Å². The molecular weight excluding hydrogens is 252 g/mol. The van der Waals surface area contributed by atoms with Crippen molar-refractivity contribution in [3.63, 3.8) is 0 Å². The molecule has 2 atom stereocenters. The van der Waals surface area contributed by atoms with Gasteiger partial charge in [0.15, 0.2) is 0 Å². The fourth-order valence-electron chi connectivity index (χ4n) is 1.95. The highest BCUT2D eigenvalue weighted by molar-refractivity contribution is 8.06. The van der Waals surface area contributed by atoms with Crippen molar-refractivity contribution in [3.05, 3.63) is 12.2 Å². The van der Waals surface area contributed by atoms with Crippen molar-refractivity contribution in [3.8, 4) is 0 Å². The second kappa shape index (κ2) is 6.11. The van der Waals surface area contributed by atoms with Gasteiger partial charge in [-0.2, -0.15) is 28.6 Å². The molecule has 6 heteroatoms. The first-order valence-electron chi connectivity index (χ1n) is 6.01. The molecule has 17 heavy (non-hydrogen) atoms. The van der Waals surface area contributed by atoms with E-state index in [1.54, 1.807) is 6.33 Å². The van der Waals surface area contributed by atoms with Crippen LogP contribution in [0.4, 0.5) is 0 Å². The highest BCUT2D eigenvalue weighted by Crippen LogP contribution is 2.26. The van der Waals surface area contributed by atoms with Gasteiger partial charge in [-0.25, -0.2) is 9.67 Å². The smallest absolute Gasteiger partial charge is 0.138 e. The van der Waals surface area contributed by atoms with E-state index in [4.69, 9.17) is 5.73 Å². The molecule has 1 aromatic rings. The first-order valence-corrected chi connectivity index (χ1v) is 8.22. The molecule has 0 aromatic carbocycles. The molecule has 1 fully saturated rings. The van der Waals surface area contributed by atoms with E-state index in [0.717, 1.165) is 12.2 Å². The standard InChI is InChI=1S/C11H20N4S2/c1-8(2)15-11(13-7-14-15)5-9(12)10-6-16-3-4-17-10/h7-10H,3-6,12H2,1-2H3. The van der Waals surface area contributed by atoms with Crippen LogP contribution in [-0.4, -0.2) is 43.3 Å². The summed E-state index contributed by atoms with van der Waals surface area (Å²) in [6.45, 7) is 4.24. The fourth-order valence-corrected chi connectivity index (χ4v) is 4.77. The van der Waals surface area contributed by atoms with E-state index in [-0.39, 0.29) is 6.04 Å². The second-order valence-corrected chi connectivity index (χ2v) is 7.06. The van der Waals surface area contributed by atoms with Gasteiger partial charge in [-0.15, -0.1) is 0 Å². The van der Waals surface area contributed by atoms with Crippen LogP contribution in [0.25, 0.3) is 0 Å². The van der Waals surface area contributed by atoms with Gasteiger partial charge in [-0.3, -0.25) is 0 Å². The predicted octanol–water partition coefficient (Wildman–Crippen LogP) is 1.58. The van der Waals surface area contributed by atoms with Gasteiger partial charge >= 0.3 is 0 Å². The first-order chi connectivity index (χ1) is 8.18. The molecule has 1 aromatic heterocycles. The van der Waals surface area contributed by atoms with Crippen LogP contribution in [0.3, 0.4) is 0 Å². The Morgan fingerprint density at radius 1 is 1.53 bits per heavy atom. The summed E-state index contributed by atoms with van der Waals surface area (Å²) in [6, 6.07) is 0.544. The van der Waals surface area contributed by atoms with Crippen LogP contribution >= 0.6 is 23.5 Å². The van der Waals surface area contributed by atoms with Crippen LogP contribution in [0.2, 0.25) is 0 Å². The Hall–Kier alpha value is -0.200. The number of aromatic nitrogens is 3. The lowest BCUT2D eigenvalue weighted by molar-refractivity contribution is 0.490. The van der Waals surface area contributed by atoms with Crippen LogP contribution in [0.5, 0.6) is 0 Å². The maximum Gasteiger partial charge on any atom is 0.138 e. The third kappa shape index (κ3) is 3.39. The van der Waals surface area contributed by atoms with Crippen molar-refractivity contribution in [2.75, 3.05) is 17.3 Å². The summed E-state index contributed by atoms with van der Waals surface area (Å²) in [5, 5.41) is 4.81. The molecule has 2 unspecified atom stereocenters. The minimum absolute atomic E-state index is 0.189. The highest BCUT2D eigenvalue weighted by atomic mass is 32.2. The molecule has 0 amide bonds. The molecule has 2 heterocycles. The van der Waals surface area contributed by atoms with Crippen LogP contribution in [0.1, 0.15) is 25.7 Å². The van der Waals surface area contributed by atoms with E-state index in [1.165, 1.54) is 17.3 Å². The lowest BCUT2D eigenvalue weighted by atomic mass is 10.1. The lowest BCUT2D eigenvalue weighted by Crippen LogP contribution is -2.39. The molecule has 0 aliphatic carbocycles. The Balaban J connectivity index is 1.97. The molecule has 2 rings (SSSR count). The number of hydrogen-bond acceptors (Lipinski definition) is 5. The Morgan fingerprint density at radius 3 is 3.00 bits per heavy atom. The summed E-state index contributed by atoms with van der Waals surface area (Å²) in [5.41, 5.74) is 6.29. The van der Waals surface area contributed by atoms with E-state index >= 15 is 0 Å². The minimum Gasteiger partial charge on any atom is -0.326 e. The van der Waals surface area contributed by atoms with E-state index in [1.807, 2.05) is 28.2 Å². The van der Waals surface area contributed by atoms with Gasteiger partial charge in [0.25, 0.3) is 0 Å². The summed E-state index contributed by atoms with van der Waals surface area (Å²) < 4.78 is 1.97. The van der Waals surface area contributed by atoms with Crippen LogP contribution < -0.4 is 5.73 Å². The number of thioether (sulfide) groups is 2. The fraction of sp³-hybridized carbons (Fsp3) is 0.818. The monoisotopic (exact) mass is 272 g/mol. The maximum atomic E-state index is 6.29. The van der Waals surface area contributed by atoms with Gasteiger partial charge in [0.1, 0.15) is 12.2 Å². The zero-order valence-corrected chi connectivity index (χ0v) is 12.0. The number of rotatable bonds is 4. The number of nitrogens with zero attached hydrogens (tertiary/aromatic N) is 3. The summed E-state index contributed by atoms with van der Waals surface area (Å²) in [5.74, 6) is 4.67. The predicted molar refractivity (Wildman–Crippen MR) is 75.7 cm³/mol. The SMILES string of the molecule is CC(C)n1ncnc1CC(N)C1CSCCS1. The summed E-state index contributed by atoms with van der Waals surface area (Å²) in [6.07, 6.45) is 2.46. The Kier molecular flexibility index (Phi) is 4.76. The second-order valence-electron chi connectivity index (χ2n) is 4.57. The van der Waals surface area contributed by atoms with E-state index < -0.39 is 0 Å². The largest absolute Gasteiger partial charge is 0.326 e. The topological polar surface area (TPSA) is 56.7 Å².